The number of nitrogens with zero attached hydrogens (tertiary/aromatic N) is 3. The highest BCUT2D eigenvalue weighted by atomic mass is 35.5. The lowest BCUT2D eigenvalue weighted by Gasteiger charge is -2.25. The molecule has 1 fully saturated rings. The molecule has 1 aromatic rings. The van der Waals surface area contributed by atoms with Crippen LogP contribution in [-0.2, 0) is 9.84 Å². The maximum atomic E-state index is 11.3. The van der Waals surface area contributed by atoms with E-state index in [2.05, 4.69) is 4.90 Å². The number of sulfone groups is 1. The maximum absolute atomic E-state index is 11.3. The van der Waals surface area contributed by atoms with Crippen molar-refractivity contribution >= 4 is 32.8 Å². The van der Waals surface area contributed by atoms with E-state index < -0.39 is 14.8 Å². The predicted octanol–water partition coefficient (Wildman–Crippen LogP) is 1.80. The highest BCUT2D eigenvalue weighted by molar-refractivity contribution is 7.90. The largest absolute Gasteiger partial charge is 0.369 e. The van der Waals surface area contributed by atoms with Gasteiger partial charge in [-0.1, -0.05) is 11.6 Å². The van der Waals surface area contributed by atoms with Gasteiger partial charge in [-0.15, -0.1) is 0 Å². The lowest BCUT2D eigenvalue weighted by Crippen LogP contribution is -2.37. The molecule has 1 aromatic carbocycles. The van der Waals surface area contributed by atoms with Gasteiger partial charge in [0.2, 0.25) is 0 Å². The Morgan fingerprint density at radius 3 is 2.74 bits per heavy atom. The lowest BCUT2D eigenvalue weighted by molar-refractivity contribution is -0.384. The number of nitro benzene ring substituents is 1. The fourth-order valence-corrected chi connectivity index (χ4v) is 3.59. The molecule has 0 aromatic heterocycles. The molecular weight excluding hydrogens is 342 g/mol. The molecule has 1 atom stereocenters. The molecule has 1 saturated heterocycles. The first-order valence-corrected chi connectivity index (χ1v) is 9.68. The van der Waals surface area contributed by atoms with Crippen LogP contribution in [0.2, 0.25) is 5.02 Å². The molecule has 1 aliphatic heterocycles. The summed E-state index contributed by atoms with van der Waals surface area (Å²) in [6.45, 7) is 1.99. The minimum absolute atomic E-state index is 0.0280. The number of halogens is 1. The zero-order chi connectivity index (χ0) is 17.2. The van der Waals surface area contributed by atoms with Crippen molar-refractivity contribution in [3.63, 3.8) is 0 Å². The van der Waals surface area contributed by atoms with Crippen molar-refractivity contribution in [1.82, 2.24) is 4.90 Å². The van der Waals surface area contributed by atoms with Gasteiger partial charge >= 0.3 is 0 Å². The summed E-state index contributed by atoms with van der Waals surface area (Å²) in [5, 5.41) is 11.1. The molecule has 0 unspecified atom stereocenters. The predicted molar refractivity (Wildman–Crippen MR) is 91.1 cm³/mol. The normalized spacial score (nSPS) is 18.6. The number of non-ortho nitro benzene ring substituents is 1. The van der Waals surface area contributed by atoms with E-state index in [1.807, 2.05) is 11.9 Å². The van der Waals surface area contributed by atoms with Crippen LogP contribution in [0.4, 0.5) is 11.4 Å². The minimum atomic E-state index is -2.97. The monoisotopic (exact) mass is 361 g/mol. The third-order valence-corrected chi connectivity index (χ3v) is 5.31. The van der Waals surface area contributed by atoms with E-state index in [9.17, 15) is 18.5 Å². The van der Waals surface area contributed by atoms with E-state index in [4.69, 9.17) is 11.6 Å². The van der Waals surface area contributed by atoms with Crippen LogP contribution in [0.1, 0.15) is 6.42 Å². The Morgan fingerprint density at radius 1 is 1.48 bits per heavy atom. The number of anilines is 1. The van der Waals surface area contributed by atoms with E-state index in [-0.39, 0.29) is 17.5 Å². The van der Waals surface area contributed by atoms with Gasteiger partial charge in [0.1, 0.15) is 9.84 Å². The SMILES string of the molecule is CN(CCS(C)(=O)=O)[C@@H]1CCN(c2ccc([N+](=O)[O-])cc2Cl)C1. The summed E-state index contributed by atoms with van der Waals surface area (Å²) in [6.07, 6.45) is 2.13. The second-order valence-electron chi connectivity index (χ2n) is 5.89. The number of hydrogen-bond acceptors (Lipinski definition) is 6. The van der Waals surface area contributed by atoms with Crippen molar-refractivity contribution in [3.05, 3.63) is 33.3 Å². The lowest BCUT2D eigenvalue weighted by atomic mass is 10.2. The second kappa shape index (κ2) is 7.02. The van der Waals surface area contributed by atoms with Crippen LogP contribution in [0.5, 0.6) is 0 Å². The van der Waals surface area contributed by atoms with Crippen molar-refractivity contribution in [2.45, 2.75) is 12.5 Å². The first-order chi connectivity index (χ1) is 10.7. The van der Waals surface area contributed by atoms with Gasteiger partial charge < -0.3 is 9.80 Å². The highest BCUT2D eigenvalue weighted by Crippen LogP contribution is 2.32. The number of rotatable bonds is 6. The molecule has 0 spiro atoms. The molecule has 128 valence electrons. The third-order valence-electron chi connectivity index (χ3n) is 4.08. The Labute approximate surface area is 140 Å². The summed E-state index contributed by atoms with van der Waals surface area (Å²) in [5.41, 5.74) is 0.746. The van der Waals surface area contributed by atoms with Gasteiger partial charge in [-0.3, -0.25) is 10.1 Å². The zero-order valence-corrected chi connectivity index (χ0v) is 14.7. The molecule has 0 amide bonds. The molecule has 23 heavy (non-hydrogen) atoms. The number of hydrogen-bond donors (Lipinski definition) is 0. The Bertz CT molecular complexity index is 695. The number of likely N-dealkylation sites (N-methyl/N-ethyl adjacent to an activating group) is 1. The van der Waals surface area contributed by atoms with E-state index in [0.717, 1.165) is 25.2 Å². The first kappa shape index (κ1) is 18.0. The molecule has 0 radical (unpaired) electrons. The summed E-state index contributed by atoms with van der Waals surface area (Å²) in [7, 11) is -1.06. The molecule has 0 aliphatic carbocycles. The van der Waals surface area contributed by atoms with E-state index in [1.165, 1.54) is 18.4 Å². The van der Waals surface area contributed by atoms with Gasteiger partial charge in [0.05, 0.1) is 21.4 Å². The Hall–Kier alpha value is -1.38. The average molecular weight is 362 g/mol. The van der Waals surface area contributed by atoms with Crippen molar-refractivity contribution in [3.8, 4) is 0 Å². The fraction of sp³-hybridized carbons (Fsp3) is 0.571. The Balaban J connectivity index is 2.01. The quantitative estimate of drug-likeness (QED) is 0.567. The number of benzene rings is 1. The molecule has 1 heterocycles. The Kier molecular flexibility index (Phi) is 5.49. The second-order valence-corrected chi connectivity index (χ2v) is 8.56. The van der Waals surface area contributed by atoms with Gasteiger partial charge in [0.15, 0.2) is 0 Å². The fourth-order valence-electron chi connectivity index (χ4n) is 2.68. The number of nitro groups is 1. The van der Waals surface area contributed by atoms with Crippen LogP contribution in [0.3, 0.4) is 0 Å². The molecule has 0 bridgehead atoms. The van der Waals surface area contributed by atoms with Crippen LogP contribution in [0, 0.1) is 10.1 Å². The van der Waals surface area contributed by atoms with Gasteiger partial charge in [-0.25, -0.2) is 8.42 Å². The average Bonchev–Trinajstić information content (AvgIpc) is 2.93. The summed E-state index contributed by atoms with van der Waals surface area (Å²) in [5.74, 6) is 0.137. The molecule has 1 aliphatic rings. The van der Waals surface area contributed by atoms with E-state index in [1.54, 1.807) is 6.07 Å². The minimum Gasteiger partial charge on any atom is -0.369 e. The summed E-state index contributed by atoms with van der Waals surface area (Å²) in [6, 6.07) is 4.71. The van der Waals surface area contributed by atoms with Gasteiger partial charge in [-0.05, 0) is 19.5 Å². The maximum Gasteiger partial charge on any atom is 0.271 e. The van der Waals surface area contributed by atoms with Crippen molar-refractivity contribution < 1.29 is 13.3 Å². The standard InChI is InChI=1S/C14H20ClN3O4S/c1-16(7-8-23(2,21)22)12-5-6-17(10-12)14-4-3-11(18(19)20)9-13(14)15/h3-4,9,12H,5-8,10H2,1-2H3/t12-/m1/s1. The molecule has 0 saturated carbocycles. The Morgan fingerprint density at radius 2 is 2.17 bits per heavy atom. The summed E-state index contributed by atoms with van der Waals surface area (Å²) < 4.78 is 22.5. The van der Waals surface area contributed by atoms with Gasteiger partial charge in [0, 0.05) is 44.1 Å². The van der Waals surface area contributed by atoms with Crippen LogP contribution in [0.15, 0.2) is 18.2 Å². The highest BCUT2D eigenvalue weighted by Gasteiger charge is 2.27. The van der Waals surface area contributed by atoms with Crippen LogP contribution in [-0.4, -0.2) is 63.0 Å². The van der Waals surface area contributed by atoms with Crippen LogP contribution < -0.4 is 4.90 Å². The van der Waals surface area contributed by atoms with Crippen LogP contribution in [0.25, 0.3) is 0 Å². The van der Waals surface area contributed by atoms with Crippen molar-refractivity contribution in [2.24, 2.45) is 0 Å². The summed E-state index contributed by atoms with van der Waals surface area (Å²) >= 11 is 6.16. The van der Waals surface area contributed by atoms with Gasteiger partial charge in [-0.2, -0.15) is 0 Å². The molecule has 9 heteroatoms. The molecule has 2 rings (SSSR count). The van der Waals surface area contributed by atoms with Gasteiger partial charge in [0.25, 0.3) is 5.69 Å². The van der Waals surface area contributed by atoms with Crippen molar-refractivity contribution in [1.29, 1.82) is 0 Å². The zero-order valence-electron chi connectivity index (χ0n) is 13.1. The molecule has 7 nitrogen and oxygen atoms in total. The van der Waals surface area contributed by atoms with E-state index >= 15 is 0 Å². The molecule has 0 N–H and O–H groups in total. The van der Waals surface area contributed by atoms with E-state index in [0.29, 0.717) is 11.6 Å². The van der Waals surface area contributed by atoms with Crippen molar-refractivity contribution in [2.75, 3.05) is 43.6 Å². The first-order valence-electron chi connectivity index (χ1n) is 7.24. The molecular formula is C14H20ClN3O4S. The van der Waals surface area contributed by atoms with Crippen LogP contribution >= 0.6 is 11.6 Å². The third kappa shape index (κ3) is 4.79. The smallest absolute Gasteiger partial charge is 0.271 e. The topological polar surface area (TPSA) is 83.8 Å². The summed E-state index contributed by atoms with van der Waals surface area (Å²) in [4.78, 5) is 14.4.